The Kier molecular flexibility index (Phi) is 8.92. The van der Waals surface area contributed by atoms with Gasteiger partial charge in [-0.15, -0.1) is 11.3 Å². The molecule has 0 bridgehead atoms. The maximum absolute atomic E-state index is 12.7. The predicted molar refractivity (Wildman–Crippen MR) is 162 cm³/mol. The Hall–Kier alpha value is -4.57. The fourth-order valence-corrected chi connectivity index (χ4v) is 6.57. The Morgan fingerprint density at radius 2 is 2.07 bits per heavy atom. The first-order valence-corrected chi connectivity index (χ1v) is 14.7. The van der Waals surface area contributed by atoms with Crippen molar-refractivity contribution in [1.29, 1.82) is 5.26 Å². The summed E-state index contributed by atoms with van der Waals surface area (Å²) >= 11 is 2.50. The van der Waals surface area contributed by atoms with Gasteiger partial charge in [-0.05, 0) is 67.3 Å². The van der Waals surface area contributed by atoms with Gasteiger partial charge in [-0.1, -0.05) is 36.0 Å². The highest BCUT2D eigenvalue weighted by molar-refractivity contribution is 8.01. The lowest BCUT2D eigenvalue weighted by Gasteiger charge is -2.10. The fourth-order valence-electron chi connectivity index (χ4n) is 4.42. The number of carbonyl (C=O) groups is 2. The Balaban J connectivity index is 1.31. The molecule has 212 valence electrons. The van der Waals surface area contributed by atoms with Crippen molar-refractivity contribution in [3.8, 4) is 6.07 Å². The minimum absolute atomic E-state index is 0.0716. The molecular formula is C30H25N5O5S2. The van der Waals surface area contributed by atoms with Crippen molar-refractivity contribution in [2.24, 2.45) is 0 Å². The molecule has 0 saturated carbocycles. The third kappa shape index (κ3) is 6.83. The van der Waals surface area contributed by atoms with Crippen LogP contribution in [-0.4, -0.2) is 41.0 Å². The van der Waals surface area contributed by atoms with E-state index in [0.717, 1.165) is 34.9 Å². The Morgan fingerprint density at radius 1 is 1.24 bits per heavy atom. The standard InChI is InChI=1S/C30H25N5O5S2/c1-18-5-2-3-7-23(18)29(37)33-21-9-10-24-27(15-21)42-30(34-24)41-26-11-8-19(14-25(26)35(38)39)13-20(16-31)28(36)32-17-22-6-4-12-40-22/h2-3,5,7-11,13-15,22H,4,6,12,17H2,1H3,(H,32,36)(H,33,37)/b20-13+/t22-/m0/s1. The number of nitriles is 1. The largest absolute Gasteiger partial charge is 0.376 e. The number of aromatic nitrogens is 1. The van der Waals surface area contributed by atoms with Crippen molar-refractivity contribution in [3.05, 3.63) is 93.0 Å². The topological polar surface area (TPSA) is 147 Å². The van der Waals surface area contributed by atoms with Crippen LogP contribution < -0.4 is 10.6 Å². The Morgan fingerprint density at radius 3 is 2.81 bits per heavy atom. The van der Waals surface area contributed by atoms with Crippen molar-refractivity contribution in [3.63, 3.8) is 0 Å². The van der Waals surface area contributed by atoms with Gasteiger partial charge in [0, 0.05) is 30.5 Å². The van der Waals surface area contributed by atoms with E-state index in [9.17, 15) is 25.0 Å². The number of rotatable bonds is 9. The molecule has 2 N–H and O–H groups in total. The summed E-state index contributed by atoms with van der Waals surface area (Å²) in [5.41, 5.74) is 2.81. The van der Waals surface area contributed by atoms with Crippen LogP contribution >= 0.6 is 23.1 Å². The quantitative estimate of drug-likeness (QED) is 0.101. The van der Waals surface area contributed by atoms with Crippen LogP contribution in [0.4, 0.5) is 11.4 Å². The molecule has 3 aromatic carbocycles. The maximum atomic E-state index is 12.7. The number of benzene rings is 3. The lowest BCUT2D eigenvalue weighted by molar-refractivity contribution is -0.387. The summed E-state index contributed by atoms with van der Waals surface area (Å²) in [6.45, 7) is 2.83. The van der Waals surface area contributed by atoms with Crippen LogP contribution in [0.1, 0.15) is 34.3 Å². The third-order valence-electron chi connectivity index (χ3n) is 6.58. The number of nitro groups is 1. The third-order valence-corrected chi connectivity index (χ3v) is 8.73. The summed E-state index contributed by atoms with van der Waals surface area (Å²) in [7, 11) is 0. The molecule has 4 aromatic rings. The molecule has 1 atom stereocenters. The molecule has 0 radical (unpaired) electrons. The second kappa shape index (κ2) is 12.9. The second-order valence-electron chi connectivity index (χ2n) is 9.53. The van der Waals surface area contributed by atoms with Gasteiger partial charge in [0.05, 0.1) is 26.1 Å². The van der Waals surface area contributed by atoms with E-state index < -0.39 is 10.8 Å². The van der Waals surface area contributed by atoms with E-state index >= 15 is 0 Å². The van der Waals surface area contributed by atoms with Gasteiger partial charge in [-0.2, -0.15) is 5.26 Å². The first-order chi connectivity index (χ1) is 20.3. The molecule has 1 aliphatic rings. The maximum Gasteiger partial charge on any atom is 0.283 e. The highest BCUT2D eigenvalue weighted by atomic mass is 32.2. The molecule has 0 spiro atoms. The number of amides is 2. The number of hydrogen-bond acceptors (Lipinski definition) is 9. The van der Waals surface area contributed by atoms with Gasteiger partial charge in [0.15, 0.2) is 4.34 Å². The summed E-state index contributed by atoms with van der Waals surface area (Å²) in [6, 6.07) is 19.1. The van der Waals surface area contributed by atoms with Gasteiger partial charge in [0.1, 0.15) is 11.6 Å². The van der Waals surface area contributed by atoms with E-state index in [2.05, 4.69) is 15.6 Å². The minimum Gasteiger partial charge on any atom is -0.376 e. The van der Waals surface area contributed by atoms with Gasteiger partial charge < -0.3 is 15.4 Å². The average Bonchev–Trinajstić information content (AvgIpc) is 3.64. The van der Waals surface area contributed by atoms with Crippen molar-refractivity contribution in [2.75, 3.05) is 18.5 Å². The second-order valence-corrected chi connectivity index (χ2v) is 11.9. The van der Waals surface area contributed by atoms with E-state index in [1.807, 2.05) is 37.3 Å². The van der Waals surface area contributed by atoms with Crippen LogP contribution in [0.5, 0.6) is 0 Å². The number of anilines is 1. The highest BCUT2D eigenvalue weighted by Crippen LogP contribution is 2.40. The van der Waals surface area contributed by atoms with Crippen molar-refractivity contribution < 1.29 is 19.2 Å². The van der Waals surface area contributed by atoms with Gasteiger partial charge in [0.2, 0.25) is 0 Å². The lowest BCUT2D eigenvalue weighted by Crippen LogP contribution is -2.32. The Labute approximate surface area is 249 Å². The lowest BCUT2D eigenvalue weighted by atomic mass is 10.1. The van der Waals surface area contributed by atoms with E-state index in [-0.39, 0.29) is 23.3 Å². The van der Waals surface area contributed by atoms with E-state index in [4.69, 9.17) is 4.74 Å². The number of fused-ring (bicyclic) bond motifs is 1. The normalized spacial score (nSPS) is 14.9. The predicted octanol–water partition coefficient (Wildman–Crippen LogP) is 6.12. The van der Waals surface area contributed by atoms with Crippen molar-refractivity contribution in [1.82, 2.24) is 10.3 Å². The van der Waals surface area contributed by atoms with Gasteiger partial charge in [0.25, 0.3) is 17.5 Å². The van der Waals surface area contributed by atoms with Gasteiger partial charge in [-0.25, -0.2) is 4.98 Å². The molecule has 0 aliphatic carbocycles. The number of nitrogens with zero attached hydrogens (tertiary/aromatic N) is 3. The summed E-state index contributed by atoms with van der Waals surface area (Å²) in [6.07, 6.45) is 3.03. The minimum atomic E-state index is -0.557. The molecule has 2 amide bonds. The number of nitro benzene ring substituents is 1. The van der Waals surface area contributed by atoms with Crippen LogP contribution in [0.25, 0.3) is 16.3 Å². The van der Waals surface area contributed by atoms with Crippen LogP contribution in [0.15, 0.2) is 75.5 Å². The van der Waals surface area contributed by atoms with Crippen LogP contribution in [0.2, 0.25) is 0 Å². The highest BCUT2D eigenvalue weighted by Gasteiger charge is 2.20. The number of aryl methyl sites for hydroxylation is 1. The molecule has 1 saturated heterocycles. The fraction of sp³-hybridized carbons (Fsp3) is 0.200. The van der Waals surface area contributed by atoms with Gasteiger partial charge >= 0.3 is 0 Å². The van der Waals surface area contributed by atoms with E-state index in [1.54, 1.807) is 30.3 Å². The molecular weight excluding hydrogens is 574 g/mol. The summed E-state index contributed by atoms with van der Waals surface area (Å²) < 4.78 is 6.89. The average molecular weight is 600 g/mol. The molecule has 1 fully saturated rings. The van der Waals surface area contributed by atoms with Crippen LogP contribution in [0, 0.1) is 28.4 Å². The molecule has 0 unspecified atom stereocenters. The number of hydrogen-bond donors (Lipinski definition) is 2. The first kappa shape index (κ1) is 28.9. The first-order valence-electron chi connectivity index (χ1n) is 13.1. The molecule has 1 aliphatic heterocycles. The zero-order chi connectivity index (χ0) is 29.6. The zero-order valence-electron chi connectivity index (χ0n) is 22.5. The smallest absolute Gasteiger partial charge is 0.283 e. The van der Waals surface area contributed by atoms with Crippen molar-refractivity contribution in [2.45, 2.75) is 35.1 Å². The molecule has 10 nitrogen and oxygen atoms in total. The molecule has 1 aromatic heterocycles. The summed E-state index contributed by atoms with van der Waals surface area (Å²) in [5.74, 6) is -0.769. The number of nitrogens with one attached hydrogen (secondary N) is 2. The molecule has 5 rings (SSSR count). The molecule has 42 heavy (non-hydrogen) atoms. The zero-order valence-corrected chi connectivity index (χ0v) is 24.1. The summed E-state index contributed by atoms with van der Waals surface area (Å²) in [4.78, 5) is 41.6. The van der Waals surface area contributed by atoms with E-state index in [0.29, 0.717) is 44.7 Å². The Bertz CT molecular complexity index is 1750. The van der Waals surface area contributed by atoms with Crippen LogP contribution in [-0.2, 0) is 9.53 Å². The molecule has 12 heteroatoms. The number of ether oxygens (including phenoxy) is 1. The van der Waals surface area contributed by atoms with Crippen LogP contribution in [0.3, 0.4) is 0 Å². The molecule has 2 heterocycles. The van der Waals surface area contributed by atoms with E-state index in [1.165, 1.54) is 23.5 Å². The van der Waals surface area contributed by atoms with Crippen molar-refractivity contribution >= 4 is 62.6 Å². The number of thiazole rings is 1. The monoisotopic (exact) mass is 599 g/mol. The van der Waals surface area contributed by atoms with Gasteiger partial charge in [-0.3, -0.25) is 19.7 Å². The summed E-state index contributed by atoms with van der Waals surface area (Å²) in [5, 5.41) is 27.0. The number of carbonyl (C=O) groups excluding carboxylic acids is 2. The SMILES string of the molecule is Cc1ccccc1C(=O)Nc1ccc2nc(Sc3ccc(/C=C(\C#N)C(=O)NC[C@@H]4CCCO4)cc3[N+](=O)[O-])sc2c1.